The monoisotopic (exact) mass is 243 g/mol. The zero-order valence-electron chi connectivity index (χ0n) is 10.7. The van der Waals surface area contributed by atoms with E-state index in [4.69, 9.17) is 4.74 Å². The Morgan fingerprint density at radius 1 is 1.18 bits per heavy atom. The standard InChI is InChI=1S/C13H19F2NO/c1-13(2,3)12(16-4)8-17-11-6-9(14)5-10(15)7-11/h5-7,12,16H,8H2,1-4H3. The average Bonchev–Trinajstić information content (AvgIpc) is 2.14. The average molecular weight is 243 g/mol. The molecule has 17 heavy (non-hydrogen) atoms. The molecule has 0 fully saturated rings. The zero-order valence-corrected chi connectivity index (χ0v) is 10.7. The molecule has 2 nitrogen and oxygen atoms in total. The molecular weight excluding hydrogens is 224 g/mol. The van der Waals surface area contributed by atoms with Gasteiger partial charge in [0.25, 0.3) is 0 Å². The summed E-state index contributed by atoms with van der Waals surface area (Å²) in [5.74, 6) is -1.04. The fourth-order valence-corrected chi connectivity index (χ4v) is 1.56. The second-order valence-corrected chi connectivity index (χ2v) is 5.12. The Morgan fingerprint density at radius 2 is 1.71 bits per heavy atom. The number of hydrogen-bond acceptors (Lipinski definition) is 2. The van der Waals surface area contributed by atoms with Gasteiger partial charge in [-0.1, -0.05) is 20.8 Å². The summed E-state index contributed by atoms with van der Waals surface area (Å²) < 4.78 is 31.3. The first-order chi connectivity index (χ1) is 7.82. The zero-order chi connectivity index (χ0) is 13.1. The highest BCUT2D eigenvalue weighted by Gasteiger charge is 2.23. The van der Waals surface area contributed by atoms with Crippen LogP contribution in [0.5, 0.6) is 5.75 Å². The van der Waals surface area contributed by atoms with Crippen LogP contribution in [0.3, 0.4) is 0 Å². The van der Waals surface area contributed by atoms with Crippen LogP contribution in [-0.2, 0) is 0 Å². The van der Waals surface area contributed by atoms with Gasteiger partial charge in [0, 0.05) is 24.2 Å². The van der Waals surface area contributed by atoms with Crippen LogP contribution in [0.2, 0.25) is 0 Å². The summed E-state index contributed by atoms with van der Waals surface area (Å²) in [5, 5.41) is 3.13. The summed E-state index contributed by atoms with van der Waals surface area (Å²) in [6, 6.07) is 3.29. The molecule has 0 aromatic heterocycles. The molecule has 0 bridgehead atoms. The van der Waals surface area contributed by atoms with E-state index in [2.05, 4.69) is 26.1 Å². The third-order valence-corrected chi connectivity index (χ3v) is 2.65. The van der Waals surface area contributed by atoms with Crippen molar-refractivity contribution in [2.75, 3.05) is 13.7 Å². The molecule has 1 atom stereocenters. The van der Waals surface area contributed by atoms with E-state index in [9.17, 15) is 8.78 Å². The molecule has 1 rings (SSSR count). The van der Waals surface area contributed by atoms with Gasteiger partial charge in [-0.25, -0.2) is 8.78 Å². The highest BCUT2D eigenvalue weighted by Crippen LogP contribution is 2.21. The molecule has 0 saturated carbocycles. The molecule has 1 N–H and O–H groups in total. The van der Waals surface area contributed by atoms with Crippen molar-refractivity contribution in [2.24, 2.45) is 5.41 Å². The summed E-state index contributed by atoms with van der Waals surface area (Å²) in [6.45, 7) is 6.58. The van der Waals surface area contributed by atoms with Gasteiger partial charge in [0.1, 0.15) is 24.0 Å². The van der Waals surface area contributed by atoms with Crippen molar-refractivity contribution in [3.63, 3.8) is 0 Å². The highest BCUT2D eigenvalue weighted by atomic mass is 19.1. The summed E-state index contributed by atoms with van der Waals surface area (Å²) in [7, 11) is 1.84. The summed E-state index contributed by atoms with van der Waals surface area (Å²) in [5.41, 5.74) is 0.0145. The Kier molecular flexibility index (Phi) is 4.46. The third kappa shape index (κ3) is 4.30. The summed E-state index contributed by atoms with van der Waals surface area (Å²) in [4.78, 5) is 0. The van der Waals surface area contributed by atoms with Gasteiger partial charge >= 0.3 is 0 Å². The first kappa shape index (κ1) is 13.9. The molecule has 1 aromatic carbocycles. The van der Waals surface area contributed by atoms with Gasteiger partial charge in [-0.3, -0.25) is 0 Å². The molecule has 1 aromatic rings. The molecular formula is C13H19F2NO. The second kappa shape index (κ2) is 5.45. The Bertz CT molecular complexity index is 354. The summed E-state index contributed by atoms with van der Waals surface area (Å²) in [6.07, 6.45) is 0. The molecule has 4 heteroatoms. The van der Waals surface area contributed by atoms with Crippen LogP contribution in [-0.4, -0.2) is 19.7 Å². The fraction of sp³-hybridized carbons (Fsp3) is 0.538. The van der Waals surface area contributed by atoms with Crippen LogP contribution in [0, 0.1) is 17.0 Å². The predicted octanol–water partition coefficient (Wildman–Crippen LogP) is 2.98. The summed E-state index contributed by atoms with van der Waals surface area (Å²) >= 11 is 0. The van der Waals surface area contributed by atoms with Gasteiger partial charge < -0.3 is 10.1 Å². The minimum atomic E-state index is -0.628. The van der Waals surface area contributed by atoms with E-state index in [1.165, 1.54) is 12.1 Å². The molecule has 0 radical (unpaired) electrons. The maximum absolute atomic E-state index is 12.9. The molecule has 0 amide bonds. The van der Waals surface area contributed by atoms with E-state index in [0.29, 0.717) is 6.61 Å². The normalized spacial score (nSPS) is 13.5. The topological polar surface area (TPSA) is 21.3 Å². The van der Waals surface area contributed by atoms with Crippen molar-refractivity contribution in [1.82, 2.24) is 5.32 Å². The molecule has 0 saturated heterocycles. The number of hydrogen-bond donors (Lipinski definition) is 1. The van der Waals surface area contributed by atoms with Crippen molar-refractivity contribution >= 4 is 0 Å². The lowest BCUT2D eigenvalue weighted by Crippen LogP contribution is -2.42. The van der Waals surface area contributed by atoms with Crippen molar-refractivity contribution in [1.29, 1.82) is 0 Å². The minimum absolute atomic E-state index is 0.0145. The minimum Gasteiger partial charge on any atom is -0.492 e. The third-order valence-electron chi connectivity index (χ3n) is 2.65. The molecule has 1 unspecified atom stereocenters. The lowest BCUT2D eigenvalue weighted by molar-refractivity contribution is 0.180. The fourth-order valence-electron chi connectivity index (χ4n) is 1.56. The van der Waals surface area contributed by atoms with Gasteiger partial charge in [-0.05, 0) is 12.5 Å². The van der Waals surface area contributed by atoms with E-state index in [1.807, 2.05) is 7.05 Å². The molecule has 0 aliphatic heterocycles. The Morgan fingerprint density at radius 3 is 2.12 bits per heavy atom. The van der Waals surface area contributed by atoms with Crippen LogP contribution in [0.25, 0.3) is 0 Å². The lowest BCUT2D eigenvalue weighted by atomic mass is 9.87. The van der Waals surface area contributed by atoms with Crippen molar-refractivity contribution in [3.8, 4) is 5.75 Å². The number of ether oxygens (including phenoxy) is 1. The maximum Gasteiger partial charge on any atom is 0.129 e. The smallest absolute Gasteiger partial charge is 0.129 e. The highest BCUT2D eigenvalue weighted by molar-refractivity contribution is 5.23. The van der Waals surface area contributed by atoms with Crippen molar-refractivity contribution in [3.05, 3.63) is 29.8 Å². The van der Waals surface area contributed by atoms with E-state index in [0.717, 1.165) is 6.07 Å². The van der Waals surface area contributed by atoms with Crippen LogP contribution in [0.15, 0.2) is 18.2 Å². The molecule has 0 spiro atoms. The van der Waals surface area contributed by atoms with E-state index < -0.39 is 11.6 Å². The Labute approximate surface area is 101 Å². The molecule has 0 aliphatic carbocycles. The van der Waals surface area contributed by atoms with Crippen LogP contribution >= 0.6 is 0 Å². The largest absolute Gasteiger partial charge is 0.492 e. The van der Waals surface area contributed by atoms with Crippen LogP contribution in [0.1, 0.15) is 20.8 Å². The Hall–Kier alpha value is -1.16. The Balaban J connectivity index is 2.66. The number of likely N-dealkylation sites (N-methyl/N-ethyl adjacent to an activating group) is 1. The van der Waals surface area contributed by atoms with Gasteiger partial charge in [-0.2, -0.15) is 0 Å². The quantitative estimate of drug-likeness (QED) is 0.877. The van der Waals surface area contributed by atoms with Gasteiger partial charge in [0.05, 0.1) is 0 Å². The molecule has 96 valence electrons. The predicted molar refractivity (Wildman–Crippen MR) is 64.2 cm³/mol. The first-order valence-electron chi connectivity index (χ1n) is 5.59. The second-order valence-electron chi connectivity index (χ2n) is 5.12. The van der Waals surface area contributed by atoms with E-state index in [-0.39, 0.29) is 17.2 Å². The first-order valence-corrected chi connectivity index (χ1v) is 5.59. The SMILES string of the molecule is CNC(COc1cc(F)cc(F)c1)C(C)(C)C. The van der Waals surface area contributed by atoms with E-state index >= 15 is 0 Å². The van der Waals surface area contributed by atoms with Crippen molar-refractivity contribution in [2.45, 2.75) is 26.8 Å². The molecule has 0 heterocycles. The van der Waals surface area contributed by atoms with E-state index in [1.54, 1.807) is 0 Å². The van der Waals surface area contributed by atoms with Crippen LogP contribution in [0.4, 0.5) is 8.78 Å². The number of benzene rings is 1. The van der Waals surface area contributed by atoms with Crippen molar-refractivity contribution < 1.29 is 13.5 Å². The lowest BCUT2D eigenvalue weighted by Gasteiger charge is -2.30. The van der Waals surface area contributed by atoms with Crippen LogP contribution < -0.4 is 10.1 Å². The number of halogens is 2. The number of rotatable bonds is 4. The van der Waals surface area contributed by atoms with Gasteiger partial charge in [0.15, 0.2) is 0 Å². The van der Waals surface area contributed by atoms with Gasteiger partial charge in [-0.15, -0.1) is 0 Å². The van der Waals surface area contributed by atoms with Gasteiger partial charge in [0.2, 0.25) is 0 Å². The molecule has 0 aliphatic rings. The maximum atomic E-state index is 12.9. The number of nitrogens with one attached hydrogen (secondary N) is 1.